The molecule has 1 aromatic heterocycles. The standard InChI is InChI=1S/C21H22N4O4/c1-27-19-9-4-3-8-18(19)25-10-11-29-20(25)17-14-24(23-22-17)13-15-6-5-7-16(12-15)21(26)28-2/h3-9,12,14,20H,10-11,13H2,1-2H3/t20-/m1/s1. The number of carbonyl (C=O) groups excluding carboxylic acids is 1. The molecule has 1 atom stereocenters. The Kier molecular flexibility index (Phi) is 5.44. The Morgan fingerprint density at radius 2 is 2.07 bits per heavy atom. The van der Waals surface area contributed by atoms with Crippen LogP contribution in [0.15, 0.2) is 54.7 Å². The Bertz CT molecular complexity index is 1000. The first-order valence-electron chi connectivity index (χ1n) is 9.28. The number of benzene rings is 2. The summed E-state index contributed by atoms with van der Waals surface area (Å²) < 4.78 is 17.9. The summed E-state index contributed by atoms with van der Waals surface area (Å²) in [5.74, 6) is 0.424. The molecule has 3 aromatic rings. The van der Waals surface area contributed by atoms with Gasteiger partial charge < -0.3 is 19.1 Å². The zero-order valence-electron chi connectivity index (χ0n) is 16.3. The van der Waals surface area contributed by atoms with Gasteiger partial charge in [0.25, 0.3) is 0 Å². The first-order valence-corrected chi connectivity index (χ1v) is 9.28. The number of hydrogen-bond acceptors (Lipinski definition) is 7. The normalized spacial score (nSPS) is 16.1. The first-order chi connectivity index (χ1) is 14.2. The number of nitrogens with zero attached hydrogens (tertiary/aromatic N) is 4. The van der Waals surface area contributed by atoms with E-state index in [-0.39, 0.29) is 12.2 Å². The van der Waals surface area contributed by atoms with E-state index in [1.807, 2.05) is 42.6 Å². The monoisotopic (exact) mass is 394 g/mol. The molecule has 2 aromatic carbocycles. The second kappa shape index (κ2) is 8.32. The molecule has 4 rings (SSSR count). The number of esters is 1. The molecule has 0 radical (unpaired) electrons. The van der Waals surface area contributed by atoms with Gasteiger partial charge in [0, 0.05) is 6.54 Å². The molecular weight excluding hydrogens is 372 g/mol. The van der Waals surface area contributed by atoms with Gasteiger partial charge in [0.2, 0.25) is 0 Å². The highest BCUT2D eigenvalue weighted by molar-refractivity contribution is 5.89. The molecule has 2 heterocycles. The zero-order chi connectivity index (χ0) is 20.2. The molecule has 0 bridgehead atoms. The molecule has 1 saturated heterocycles. The van der Waals surface area contributed by atoms with Crippen LogP contribution in [-0.4, -0.2) is 48.3 Å². The second-order valence-electron chi connectivity index (χ2n) is 6.62. The quantitative estimate of drug-likeness (QED) is 0.595. The molecule has 0 unspecified atom stereocenters. The van der Waals surface area contributed by atoms with Crippen molar-refractivity contribution in [3.8, 4) is 5.75 Å². The van der Waals surface area contributed by atoms with Gasteiger partial charge in [-0.2, -0.15) is 0 Å². The van der Waals surface area contributed by atoms with E-state index in [1.54, 1.807) is 23.9 Å². The minimum Gasteiger partial charge on any atom is -0.495 e. The van der Waals surface area contributed by atoms with Gasteiger partial charge in [-0.15, -0.1) is 5.10 Å². The Hall–Kier alpha value is -3.39. The number of methoxy groups -OCH3 is 2. The lowest BCUT2D eigenvalue weighted by atomic mass is 10.1. The van der Waals surface area contributed by atoms with Crippen molar-refractivity contribution in [2.45, 2.75) is 12.8 Å². The van der Waals surface area contributed by atoms with Gasteiger partial charge in [0.15, 0.2) is 6.23 Å². The van der Waals surface area contributed by atoms with Gasteiger partial charge in [0.1, 0.15) is 11.4 Å². The molecule has 0 spiro atoms. The summed E-state index contributed by atoms with van der Waals surface area (Å²) in [7, 11) is 3.03. The van der Waals surface area contributed by atoms with Crippen molar-refractivity contribution >= 4 is 11.7 Å². The van der Waals surface area contributed by atoms with Gasteiger partial charge in [0.05, 0.1) is 44.8 Å². The van der Waals surface area contributed by atoms with Crippen LogP contribution in [0.2, 0.25) is 0 Å². The largest absolute Gasteiger partial charge is 0.495 e. The maximum Gasteiger partial charge on any atom is 0.337 e. The number of anilines is 1. The van der Waals surface area contributed by atoms with Crippen LogP contribution in [0.5, 0.6) is 5.75 Å². The van der Waals surface area contributed by atoms with Crippen molar-refractivity contribution in [2.24, 2.45) is 0 Å². The third-order valence-electron chi connectivity index (χ3n) is 4.79. The fourth-order valence-corrected chi connectivity index (χ4v) is 3.43. The maximum absolute atomic E-state index is 11.7. The molecule has 8 heteroatoms. The lowest BCUT2D eigenvalue weighted by Gasteiger charge is -2.25. The van der Waals surface area contributed by atoms with Crippen LogP contribution >= 0.6 is 0 Å². The Morgan fingerprint density at radius 3 is 2.90 bits per heavy atom. The number of para-hydroxylation sites is 2. The molecule has 8 nitrogen and oxygen atoms in total. The lowest BCUT2D eigenvalue weighted by Crippen LogP contribution is -2.24. The fourth-order valence-electron chi connectivity index (χ4n) is 3.43. The highest BCUT2D eigenvalue weighted by atomic mass is 16.5. The summed E-state index contributed by atoms with van der Waals surface area (Å²) in [6.07, 6.45) is 1.53. The Labute approximate surface area is 168 Å². The Morgan fingerprint density at radius 1 is 1.21 bits per heavy atom. The minimum absolute atomic E-state index is 0.332. The Balaban J connectivity index is 1.54. The van der Waals surface area contributed by atoms with E-state index in [0.29, 0.717) is 18.7 Å². The topological polar surface area (TPSA) is 78.7 Å². The van der Waals surface area contributed by atoms with Crippen LogP contribution < -0.4 is 9.64 Å². The highest BCUT2D eigenvalue weighted by Crippen LogP contribution is 2.36. The summed E-state index contributed by atoms with van der Waals surface area (Å²) >= 11 is 0. The van der Waals surface area contributed by atoms with Crippen molar-refractivity contribution in [3.05, 3.63) is 71.5 Å². The molecule has 0 N–H and O–H groups in total. The number of hydrogen-bond donors (Lipinski definition) is 0. The predicted molar refractivity (Wildman–Crippen MR) is 106 cm³/mol. The van der Waals surface area contributed by atoms with E-state index >= 15 is 0 Å². The summed E-state index contributed by atoms with van der Waals surface area (Å²) in [4.78, 5) is 13.8. The molecule has 0 aliphatic carbocycles. The number of ether oxygens (including phenoxy) is 3. The second-order valence-corrected chi connectivity index (χ2v) is 6.62. The van der Waals surface area contributed by atoms with Crippen molar-refractivity contribution in [1.29, 1.82) is 0 Å². The van der Waals surface area contributed by atoms with Gasteiger partial charge in [-0.25, -0.2) is 9.48 Å². The van der Waals surface area contributed by atoms with Crippen LogP contribution in [-0.2, 0) is 16.0 Å². The van der Waals surface area contributed by atoms with E-state index in [4.69, 9.17) is 14.2 Å². The summed E-state index contributed by atoms with van der Waals surface area (Å²) in [6, 6.07) is 15.1. The fraction of sp³-hybridized carbons (Fsp3) is 0.286. The molecule has 1 aliphatic heterocycles. The van der Waals surface area contributed by atoms with Gasteiger partial charge in [-0.1, -0.05) is 29.5 Å². The van der Waals surface area contributed by atoms with Gasteiger partial charge in [-0.05, 0) is 29.8 Å². The number of carbonyl (C=O) groups is 1. The molecule has 1 aliphatic rings. The molecule has 0 saturated carbocycles. The summed E-state index contributed by atoms with van der Waals surface area (Å²) in [6.45, 7) is 1.81. The van der Waals surface area contributed by atoms with E-state index in [2.05, 4.69) is 15.2 Å². The minimum atomic E-state index is -0.363. The van der Waals surface area contributed by atoms with E-state index < -0.39 is 0 Å². The zero-order valence-corrected chi connectivity index (χ0v) is 16.3. The highest BCUT2D eigenvalue weighted by Gasteiger charge is 2.31. The smallest absolute Gasteiger partial charge is 0.337 e. The number of aromatic nitrogens is 3. The lowest BCUT2D eigenvalue weighted by molar-refractivity contribution is 0.0600. The van der Waals surface area contributed by atoms with Crippen molar-refractivity contribution in [2.75, 3.05) is 32.3 Å². The first kappa shape index (κ1) is 18.9. The average molecular weight is 394 g/mol. The SMILES string of the molecule is COC(=O)c1cccc(Cn2cc([C@H]3OCCN3c3ccccc3OC)nn2)c1. The van der Waals surface area contributed by atoms with Crippen LogP contribution in [0.1, 0.15) is 27.8 Å². The molecule has 29 heavy (non-hydrogen) atoms. The van der Waals surface area contributed by atoms with Crippen molar-refractivity contribution in [1.82, 2.24) is 15.0 Å². The van der Waals surface area contributed by atoms with Gasteiger partial charge >= 0.3 is 5.97 Å². The molecule has 0 amide bonds. The van der Waals surface area contributed by atoms with Crippen LogP contribution in [0, 0.1) is 0 Å². The van der Waals surface area contributed by atoms with E-state index in [0.717, 1.165) is 29.2 Å². The molecular formula is C21H22N4O4. The third kappa shape index (κ3) is 3.93. The van der Waals surface area contributed by atoms with E-state index in [1.165, 1.54) is 7.11 Å². The van der Waals surface area contributed by atoms with Crippen LogP contribution in [0.25, 0.3) is 0 Å². The summed E-state index contributed by atoms with van der Waals surface area (Å²) in [5.41, 5.74) is 3.11. The van der Waals surface area contributed by atoms with Crippen LogP contribution in [0.3, 0.4) is 0 Å². The van der Waals surface area contributed by atoms with Gasteiger partial charge in [-0.3, -0.25) is 0 Å². The average Bonchev–Trinajstić information content (AvgIpc) is 3.42. The maximum atomic E-state index is 11.7. The van der Waals surface area contributed by atoms with Crippen molar-refractivity contribution in [3.63, 3.8) is 0 Å². The van der Waals surface area contributed by atoms with Crippen molar-refractivity contribution < 1.29 is 19.0 Å². The molecule has 1 fully saturated rings. The van der Waals surface area contributed by atoms with Crippen LogP contribution in [0.4, 0.5) is 5.69 Å². The molecule has 150 valence electrons. The third-order valence-corrected chi connectivity index (χ3v) is 4.79. The summed E-state index contributed by atoms with van der Waals surface area (Å²) in [5, 5.41) is 8.55. The predicted octanol–water partition coefficient (Wildman–Crippen LogP) is 2.66. The number of rotatable bonds is 6. The van der Waals surface area contributed by atoms with E-state index in [9.17, 15) is 4.79 Å².